The van der Waals surface area contributed by atoms with Gasteiger partial charge in [-0.05, 0) is 24.8 Å². The monoisotopic (exact) mass is 401 g/mol. The van der Waals surface area contributed by atoms with Gasteiger partial charge in [-0.3, -0.25) is 0 Å². The summed E-state index contributed by atoms with van der Waals surface area (Å²) in [5.41, 5.74) is 0.442. The molecule has 0 spiro atoms. The molecule has 0 aliphatic carbocycles. The summed E-state index contributed by atoms with van der Waals surface area (Å²) in [5, 5.41) is 10.6. The highest BCUT2D eigenvalue weighted by atomic mass is 16.7. The van der Waals surface area contributed by atoms with Gasteiger partial charge < -0.3 is 28.8 Å². The molecule has 7 heteroatoms. The van der Waals surface area contributed by atoms with Gasteiger partial charge in [-0.2, -0.15) is 0 Å². The van der Waals surface area contributed by atoms with Crippen molar-refractivity contribution < 1.29 is 28.8 Å². The minimum absolute atomic E-state index is 0.149. The van der Waals surface area contributed by atoms with Crippen molar-refractivity contribution in [2.24, 2.45) is 0 Å². The van der Waals surface area contributed by atoms with E-state index in [1.165, 1.54) is 0 Å². The van der Waals surface area contributed by atoms with Gasteiger partial charge in [0, 0.05) is 18.7 Å². The smallest absolute Gasteiger partial charge is 0.217 e. The molecule has 0 amide bonds. The van der Waals surface area contributed by atoms with Crippen molar-refractivity contribution in [3.05, 3.63) is 53.7 Å². The first-order chi connectivity index (χ1) is 14.2. The van der Waals surface area contributed by atoms with Crippen LogP contribution in [0.5, 0.6) is 11.6 Å². The van der Waals surface area contributed by atoms with E-state index in [-0.39, 0.29) is 19.5 Å². The van der Waals surface area contributed by atoms with Crippen molar-refractivity contribution in [3.63, 3.8) is 0 Å². The molecule has 1 aromatic heterocycles. The van der Waals surface area contributed by atoms with E-state index in [2.05, 4.69) is 4.98 Å². The van der Waals surface area contributed by atoms with E-state index < -0.39 is 5.60 Å². The summed E-state index contributed by atoms with van der Waals surface area (Å²) < 4.78 is 28.1. The minimum Gasteiger partial charge on any atom is -0.489 e. The van der Waals surface area contributed by atoms with E-state index in [9.17, 15) is 5.11 Å². The Labute approximate surface area is 170 Å². The Morgan fingerprint density at radius 3 is 2.66 bits per heavy atom. The van der Waals surface area contributed by atoms with Crippen LogP contribution in [0.1, 0.15) is 30.5 Å². The second kappa shape index (κ2) is 9.54. The Bertz CT molecular complexity index is 774. The van der Waals surface area contributed by atoms with Gasteiger partial charge in [-0.1, -0.05) is 30.3 Å². The Balaban J connectivity index is 1.37. The van der Waals surface area contributed by atoms with Crippen molar-refractivity contribution in [2.75, 3.05) is 33.0 Å². The lowest BCUT2D eigenvalue weighted by Gasteiger charge is -2.35. The summed E-state index contributed by atoms with van der Waals surface area (Å²) in [6, 6.07) is 13.4. The SMILES string of the molecule is OC1(c2cc(OCc3ccccc3)cc(OCCOC3CCCCO3)n2)COC1. The van der Waals surface area contributed by atoms with Crippen LogP contribution in [-0.4, -0.2) is 49.4 Å². The van der Waals surface area contributed by atoms with Crippen molar-refractivity contribution >= 4 is 0 Å². The van der Waals surface area contributed by atoms with Gasteiger partial charge in [-0.15, -0.1) is 0 Å². The zero-order valence-electron chi connectivity index (χ0n) is 16.4. The molecule has 2 aromatic rings. The molecule has 7 nitrogen and oxygen atoms in total. The van der Waals surface area contributed by atoms with Crippen LogP contribution in [0.2, 0.25) is 0 Å². The number of nitrogens with zero attached hydrogens (tertiary/aromatic N) is 1. The number of aliphatic hydroxyl groups is 1. The van der Waals surface area contributed by atoms with Crippen molar-refractivity contribution in [1.82, 2.24) is 4.98 Å². The fourth-order valence-electron chi connectivity index (χ4n) is 3.23. The number of rotatable bonds is 9. The number of pyridine rings is 1. The highest BCUT2D eigenvalue weighted by Gasteiger charge is 2.40. The Hall–Kier alpha value is -2.19. The number of hydrogen-bond acceptors (Lipinski definition) is 7. The zero-order valence-corrected chi connectivity index (χ0v) is 16.4. The molecule has 3 heterocycles. The van der Waals surface area contributed by atoms with E-state index in [4.69, 9.17) is 23.7 Å². The van der Waals surface area contributed by atoms with E-state index in [1.54, 1.807) is 12.1 Å². The Morgan fingerprint density at radius 2 is 1.93 bits per heavy atom. The van der Waals surface area contributed by atoms with Crippen LogP contribution in [0.4, 0.5) is 0 Å². The molecule has 1 N–H and O–H groups in total. The molecule has 0 radical (unpaired) electrons. The summed E-state index contributed by atoms with van der Waals surface area (Å²) in [5.74, 6) is 0.977. The second-order valence-electron chi connectivity index (χ2n) is 7.34. The van der Waals surface area contributed by atoms with E-state index >= 15 is 0 Å². The predicted octanol–water partition coefficient (Wildman–Crippen LogP) is 2.80. The van der Waals surface area contributed by atoms with Crippen LogP contribution in [0.3, 0.4) is 0 Å². The molecule has 0 saturated carbocycles. The third-order valence-corrected chi connectivity index (χ3v) is 4.96. The average molecular weight is 401 g/mol. The van der Waals surface area contributed by atoms with E-state index in [1.807, 2.05) is 30.3 Å². The summed E-state index contributed by atoms with van der Waals surface area (Å²) in [4.78, 5) is 4.45. The van der Waals surface area contributed by atoms with Gasteiger partial charge >= 0.3 is 0 Å². The minimum atomic E-state index is -1.10. The molecule has 29 heavy (non-hydrogen) atoms. The van der Waals surface area contributed by atoms with Crippen molar-refractivity contribution in [1.29, 1.82) is 0 Å². The maximum absolute atomic E-state index is 10.6. The maximum atomic E-state index is 10.6. The maximum Gasteiger partial charge on any atom is 0.217 e. The molecule has 4 rings (SSSR count). The lowest BCUT2D eigenvalue weighted by molar-refractivity contribution is -0.187. The number of aromatic nitrogens is 1. The lowest BCUT2D eigenvalue weighted by Crippen LogP contribution is -2.47. The van der Waals surface area contributed by atoms with Crippen LogP contribution in [0.15, 0.2) is 42.5 Å². The number of ether oxygens (including phenoxy) is 5. The Kier molecular flexibility index (Phi) is 6.61. The molecular weight excluding hydrogens is 374 g/mol. The number of hydrogen-bond donors (Lipinski definition) is 1. The second-order valence-corrected chi connectivity index (χ2v) is 7.34. The normalized spacial score (nSPS) is 20.7. The largest absolute Gasteiger partial charge is 0.489 e. The quantitative estimate of drug-likeness (QED) is 0.647. The van der Waals surface area contributed by atoms with E-state index in [0.29, 0.717) is 37.1 Å². The molecule has 156 valence electrons. The molecule has 0 bridgehead atoms. The Morgan fingerprint density at radius 1 is 1.07 bits per heavy atom. The highest BCUT2D eigenvalue weighted by molar-refractivity contribution is 5.34. The standard InChI is InChI=1S/C22H27NO6/c24-22(15-25-16-22)19-12-18(29-14-17-6-2-1-3-7-17)13-20(23-19)26-10-11-28-21-8-4-5-9-27-21/h1-3,6-7,12-13,21,24H,4-5,8-11,14-16H2. The fraction of sp³-hybridized carbons (Fsp3) is 0.500. The summed E-state index contributed by atoms with van der Waals surface area (Å²) in [6.07, 6.45) is 2.98. The zero-order chi connectivity index (χ0) is 19.9. The van der Waals surface area contributed by atoms with Crippen LogP contribution in [0, 0.1) is 0 Å². The third kappa shape index (κ3) is 5.45. The van der Waals surface area contributed by atoms with E-state index in [0.717, 1.165) is 31.4 Å². The molecule has 2 aliphatic heterocycles. The van der Waals surface area contributed by atoms with Gasteiger partial charge in [0.1, 0.15) is 19.0 Å². The van der Waals surface area contributed by atoms with Gasteiger partial charge in [0.2, 0.25) is 5.88 Å². The molecule has 1 unspecified atom stereocenters. The van der Waals surface area contributed by atoms with Gasteiger partial charge in [-0.25, -0.2) is 4.98 Å². The van der Waals surface area contributed by atoms with Crippen LogP contribution in [-0.2, 0) is 26.4 Å². The lowest BCUT2D eigenvalue weighted by atomic mass is 9.97. The molecular formula is C22H27NO6. The molecule has 2 saturated heterocycles. The molecule has 1 aromatic carbocycles. The van der Waals surface area contributed by atoms with Crippen LogP contribution < -0.4 is 9.47 Å². The highest BCUT2D eigenvalue weighted by Crippen LogP contribution is 2.32. The first-order valence-corrected chi connectivity index (χ1v) is 10.1. The fourth-order valence-corrected chi connectivity index (χ4v) is 3.23. The summed E-state index contributed by atoms with van der Waals surface area (Å²) in [7, 11) is 0. The van der Waals surface area contributed by atoms with Gasteiger partial charge in [0.05, 0.1) is 25.5 Å². The molecule has 2 fully saturated rings. The third-order valence-electron chi connectivity index (χ3n) is 4.96. The summed E-state index contributed by atoms with van der Waals surface area (Å²) in [6.45, 7) is 2.33. The van der Waals surface area contributed by atoms with Crippen LogP contribution >= 0.6 is 0 Å². The van der Waals surface area contributed by atoms with Crippen LogP contribution in [0.25, 0.3) is 0 Å². The van der Waals surface area contributed by atoms with Gasteiger partial charge in [0.15, 0.2) is 11.9 Å². The van der Waals surface area contributed by atoms with Gasteiger partial charge in [0.25, 0.3) is 0 Å². The topological polar surface area (TPSA) is 79.3 Å². The van der Waals surface area contributed by atoms with Crippen molar-refractivity contribution in [2.45, 2.75) is 37.8 Å². The first-order valence-electron chi connectivity index (χ1n) is 10.1. The number of benzene rings is 1. The summed E-state index contributed by atoms with van der Waals surface area (Å²) >= 11 is 0. The first kappa shape index (κ1) is 20.1. The molecule has 1 atom stereocenters. The predicted molar refractivity (Wildman–Crippen MR) is 105 cm³/mol. The van der Waals surface area contributed by atoms with Crippen molar-refractivity contribution in [3.8, 4) is 11.6 Å². The molecule has 2 aliphatic rings. The average Bonchev–Trinajstić information content (AvgIpc) is 2.75.